The summed E-state index contributed by atoms with van der Waals surface area (Å²) in [5, 5.41) is 11.6. The van der Waals surface area contributed by atoms with Crippen molar-refractivity contribution in [1.29, 1.82) is 0 Å². The van der Waals surface area contributed by atoms with E-state index in [9.17, 15) is 5.11 Å². The minimum Gasteiger partial charge on any atom is -0.396 e. The van der Waals surface area contributed by atoms with Crippen LogP contribution in [0.4, 0.5) is 11.4 Å². The smallest absolute Gasteiger partial charge is 0.0865 e. The number of likely N-dealkylation sites (N-methyl/N-ethyl adjacent to an activating group) is 1. The number of aliphatic hydroxyl groups is 1. The number of hydrogen-bond acceptors (Lipinski definition) is 5. The summed E-state index contributed by atoms with van der Waals surface area (Å²) in [7, 11) is 1.96. The first-order valence-corrected chi connectivity index (χ1v) is 7.24. The van der Waals surface area contributed by atoms with Gasteiger partial charge in [0.2, 0.25) is 0 Å². The lowest BCUT2D eigenvalue weighted by atomic mass is 9.93. The third-order valence-electron chi connectivity index (χ3n) is 4.17. The summed E-state index contributed by atoms with van der Waals surface area (Å²) in [4.78, 5) is 6.33. The van der Waals surface area contributed by atoms with E-state index in [1.165, 1.54) is 0 Å². The number of benzene rings is 1. The standard InChI is InChI=1S/C16H21N3O2/c1-19(11-16(20)6-9-21-10-7-16)14-5-4-13-12(15(14)17)3-2-8-18-13/h2-5,8,20H,6-7,9-11,17H2,1H3. The first-order valence-electron chi connectivity index (χ1n) is 7.24. The van der Waals surface area contributed by atoms with Crippen LogP contribution in [-0.4, -0.2) is 42.5 Å². The van der Waals surface area contributed by atoms with Gasteiger partial charge in [-0.3, -0.25) is 4.98 Å². The van der Waals surface area contributed by atoms with E-state index in [1.54, 1.807) is 6.20 Å². The Balaban J connectivity index is 1.87. The fourth-order valence-corrected chi connectivity index (χ4v) is 2.93. The molecule has 3 N–H and O–H groups in total. The summed E-state index contributed by atoms with van der Waals surface area (Å²) in [6.07, 6.45) is 3.08. The molecule has 0 atom stereocenters. The highest BCUT2D eigenvalue weighted by atomic mass is 16.5. The Bertz CT molecular complexity index is 638. The lowest BCUT2D eigenvalue weighted by Crippen LogP contribution is -2.45. The number of aromatic nitrogens is 1. The molecule has 5 heteroatoms. The predicted octanol–water partition coefficient (Wildman–Crippen LogP) is 1.79. The molecule has 0 aliphatic carbocycles. The average Bonchev–Trinajstić information content (AvgIpc) is 2.48. The van der Waals surface area contributed by atoms with Gasteiger partial charge in [-0.1, -0.05) is 0 Å². The van der Waals surface area contributed by atoms with Crippen molar-refractivity contribution in [3.63, 3.8) is 0 Å². The number of rotatable bonds is 3. The van der Waals surface area contributed by atoms with Crippen LogP contribution in [0.25, 0.3) is 10.9 Å². The number of nitrogens with two attached hydrogens (primary N) is 1. The zero-order valence-electron chi connectivity index (χ0n) is 12.2. The molecule has 3 rings (SSSR count). The molecule has 1 saturated heterocycles. The molecule has 1 aromatic heterocycles. The monoisotopic (exact) mass is 287 g/mol. The van der Waals surface area contributed by atoms with E-state index in [0.29, 0.717) is 38.3 Å². The topological polar surface area (TPSA) is 71.6 Å². The summed E-state index contributed by atoms with van der Waals surface area (Å²) < 4.78 is 5.32. The van der Waals surface area contributed by atoms with Gasteiger partial charge < -0.3 is 20.5 Å². The lowest BCUT2D eigenvalue weighted by molar-refractivity contribution is -0.0572. The molecule has 0 unspecified atom stereocenters. The zero-order valence-corrected chi connectivity index (χ0v) is 12.2. The van der Waals surface area contributed by atoms with E-state index in [4.69, 9.17) is 10.5 Å². The van der Waals surface area contributed by atoms with Crippen molar-refractivity contribution in [2.45, 2.75) is 18.4 Å². The second-order valence-corrected chi connectivity index (χ2v) is 5.76. The van der Waals surface area contributed by atoms with Crippen molar-refractivity contribution >= 4 is 22.3 Å². The maximum atomic E-state index is 10.6. The molecule has 1 aliphatic heterocycles. The minimum atomic E-state index is -0.705. The van der Waals surface area contributed by atoms with Crippen molar-refractivity contribution in [2.24, 2.45) is 0 Å². The normalized spacial score (nSPS) is 17.8. The van der Waals surface area contributed by atoms with Gasteiger partial charge in [0.15, 0.2) is 0 Å². The summed E-state index contributed by atoms with van der Waals surface area (Å²) in [5.41, 5.74) is 8.09. The fraction of sp³-hybridized carbons (Fsp3) is 0.438. The van der Waals surface area contributed by atoms with Crippen LogP contribution < -0.4 is 10.6 Å². The van der Waals surface area contributed by atoms with Crippen molar-refractivity contribution in [2.75, 3.05) is 37.4 Å². The lowest BCUT2D eigenvalue weighted by Gasteiger charge is -2.36. The Morgan fingerprint density at radius 3 is 2.86 bits per heavy atom. The molecule has 2 aromatic rings. The van der Waals surface area contributed by atoms with E-state index in [-0.39, 0.29) is 0 Å². The Morgan fingerprint density at radius 1 is 1.33 bits per heavy atom. The van der Waals surface area contributed by atoms with E-state index >= 15 is 0 Å². The molecular formula is C16H21N3O2. The third-order valence-corrected chi connectivity index (χ3v) is 4.17. The van der Waals surface area contributed by atoms with Gasteiger partial charge >= 0.3 is 0 Å². The predicted molar refractivity (Wildman–Crippen MR) is 84.4 cm³/mol. The molecule has 0 amide bonds. The van der Waals surface area contributed by atoms with Crippen LogP contribution in [0.15, 0.2) is 30.5 Å². The van der Waals surface area contributed by atoms with Crippen LogP contribution in [0.3, 0.4) is 0 Å². The highest BCUT2D eigenvalue weighted by Gasteiger charge is 2.31. The highest BCUT2D eigenvalue weighted by molar-refractivity contribution is 5.97. The molecule has 0 radical (unpaired) electrons. The van der Waals surface area contributed by atoms with Crippen LogP contribution in [0.5, 0.6) is 0 Å². The number of nitrogen functional groups attached to an aromatic ring is 1. The van der Waals surface area contributed by atoms with Crippen LogP contribution >= 0.6 is 0 Å². The largest absolute Gasteiger partial charge is 0.396 e. The maximum absolute atomic E-state index is 10.6. The second-order valence-electron chi connectivity index (χ2n) is 5.76. The maximum Gasteiger partial charge on any atom is 0.0865 e. The minimum absolute atomic E-state index is 0.548. The van der Waals surface area contributed by atoms with Gasteiger partial charge in [0, 0.05) is 51.2 Å². The quantitative estimate of drug-likeness (QED) is 0.842. The zero-order chi connectivity index (χ0) is 14.9. The van der Waals surface area contributed by atoms with Crippen LogP contribution in [0.1, 0.15) is 12.8 Å². The Labute approximate surface area is 124 Å². The number of fused-ring (bicyclic) bond motifs is 1. The SMILES string of the molecule is CN(CC1(O)CCOCC1)c1ccc2ncccc2c1N. The molecule has 112 valence electrons. The van der Waals surface area contributed by atoms with Gasteiger partial charge in [-0.25, -0.2) is 0 Å². The van der Waals surface area contributed by atoms with Gasteiger partial charge in [-0.2, -0.15) is 0 Å². The van der Waals surface area contributed by atoms with E-state index < -0.39 is 5.60 Å². The van der Waals surface area contributed by atoms with Gasteiger partial charge in [0.25, 0.3) is 0 Å². The van der Waals surface area contributed by atoms with Crippen LogP contribution in [0.2, 0.25) is 0 Å². The van der Waals surface area contributed by atoms with Gasteiger partial charge in [-0.05, 0) is 24.3 Å². The van der Waals surface area contributed by atoms with Crippen LogP contribution in [0, 0.1) is 0 Å². The molecule has 1 aromatic carbocycles. The number of nitrogens with zero attached hydrogens (tertiary/aromatic N) is 2. The van der Waals surface area contributed by atoms with Crippen molar-refractivity contribution < 1.29 is 9.84 Å². The molecule has 21 heavy (non-hydrogen) atoms. The number of ether oxygens (including phenoxy) is 1. The summed E-state index contributed by atoms with van der Waals surface area (Å²) in [5.74, 6) is 0. The van der Waals surface area contributed by atoms with Crippen molar-refractivity contribution in [1.82, 2.24) is 4.98 Å². The summed E-state index contributed by atoms with van der Waals surface area (Å²) in [6.45, 7) is 1.77. The summed E-state index contributed by atoms with van der Waals surface area (Å²) in [6, 6.07) is 7.78. The van der Waals surface area contributed by atoms with Gasteiger partial charge in [-0.15, -0.1) is 0 Å². The van der Waals surface area contributed by atoms with Crippen molar-refractivity contribution in [3.05, 3.63) is 30.5 Å². The summed E-state index contributed by atoms with van der Waals surface area (Å²) >= 11 is 0. The number of pyridine rings is 1. The third kappa shape index (κ3) is 2.80. The number of hydrogen-bond donors (Lipinski definition) is 2. The van der Waals surface area contributed by atoms with E-state index in [0.717, 1.165) is 16.6 Å². The molecule has 0 saturated carbocycles. The Hall–Kier alpha value is -1.85. The van der Waals surface area contributed by atoms with Gasteiger partial charge in [0.05, 0.1) is 22.5 Å². The average molecular weight is 287 g/mol. The van der Waals surface area contributed by atoms with Crippen molar-refractivity contribution in [3.8, 4) is 0 Å². The Morgan fingerprint density at radius 2 is 2.10 bits per heavy atom. The van der Waals surface area contributed by atoms with Gasteiger partial charge in [0.1, 0.15) is 0 Å². The Kier molecular flexibility index (Phi) is 3.69. The molecule has 1 fully saturated rings. The fourth-order valence-electron chi connectivity index (χ4n) is 2.93. The van der Waals surface area contributed by atoms with E-state index in [2.05, 4.69) is 4.98 Å². The first kappa shape index (κ1) is 14.1. The van der Waals surface area contributed by atoms with E-state index in [1.807, 2.05) is 36.2 Å². The molecule has 0 bridgehead atoms. The highest BCUT2D eigenvalue weighted by Crippen LogP contribution is 2.32. The molecule has 0 spiro atoms. The molecule has 5 nitrogen and oxygen atoms in total. The van der Waals surface area contributed by atoms with Crippen LogP contribution in [-0.2, 0) is 4.74 Å². The molecule has 2 heterocycles. The molecule has 1 aliphatic rings. The number of anilines is 2. The second kappa shape index (κ2) is 5.50. The molecular weight excluding hydrogens is 266 g/mol. The first-order chi connectivity index (χ1) is 10.1.